The second-order valence-corrected chi connectivity index (χ2v) is 7.41. The summed E-state index contributed by atoms with van der Waals surface area (Å²) < 4.78 is 21.0. The van der Waals surface area contributed by atoms with Gasteiger partial charge in [0.25, 0.3) is 5.91 Å². The maximum Gasteiger partial charge on any atom is 0.416 e. The van der Waals surface area contributed by atoms with Gasteiger partial charge in [-0.1, -0.05) is 12.7 Å². The molecule has 2 atom stereocenters. The van der Waals surface area contributed by atoms with Crippen LogP contribution in [0.3, 0.4) is 0 Å². The molecular weight excluding hydrogens is 420 g/mol. The number of aliphatic hydroxyl groups is 1. The van der Waals surface area contributed by atoms with Crippen LogP contribution in [0.1, 0.15) is 36.0 Å². The number of rotatable bonds is 8. The summed E-state index contributed by atoms with van der Waals surface area (Å²) >= 11 is 0. The number of benzene rings is 1. The summed E-state index contributed by atoms with van der Waals surface area (Å²) in [5.41, 5.74) is 0.359. The topological polar surface area (TPSA) is 115 Å². The molecular formula is C22H28N2O8. The normalized spacial score (nSPS) is 19.5. The zero-order valence-electron chi connectivity index (χ0n) is 18.2. The van der Waals surface area contributed by atoms with Gasteiger partial charge in [-0.05, 0) is 25.3 Å². The largest absolute Gasteiger partial charge is 0.493 e. The Balaban J connectivity index is 1.98. The number of carbonyl (C=O) groups excluding carboxylic acids is 3. The molecule has 0 radical (unpaired) electrons. The molecule has 174 valence electrons. The maximum absolute atomic E-state index is 13.3. The molecule has 1 aromatic rings. The standard InChI is InChI=1S/C22H28N2O8/c1-4-10-32-22(28)24-16-13-18(31-11-6-8-19(25)30-3)17(29-2)12-14(16)20(26)23-9-5-7-15(23)21(24)27/h4,12-13,15,21,27H,1,5-11H2,2-3H3. The average molecular weight is 448 g/mol. The van der Waals surface area contributed by atoms with Gasteiger partial charge < -0.3 is 29.0 Å². The summed E-state index contributed by atoms with van der Waals surface area (Å²) in [5.74, 6) is -0.106. The van der Waals surface area contributed by atoms with E-state index in [0.717, 1.165) is 11.3 Å². The van der Waals surface area contributed by atoms with Gasteiger partial charge in [0.1, 0.15) is 6.61 Å². The Bertz CT molecular complexity index is 887. The molecule has 1 N–H and O–H groups in total. The Morgan fingerprint density at radius 1 is 1.28 bits per heavy atom. The average Bonchev–Trinajstić information content (AvgIpc) is 3.27. The van der Waals surface area contributed by atoms with Crippen molar-refractivity contribution in [3.8, 4) is 11.5 Å². The molecule has 0 bridgehead atoms. The first kappa shape index (κ1) is 23.4. The predicted molar refractivity (Wildman–Crippen MR) is 114 cm³/mol. The molecule has 1 saturated heterocycles. The van der Waals surface area contributed by atoms with Crippen LogP contribution in [0.25, 0.3) is 0 Å². The van der Waals surface area contributed by atoms with E-state index in [-0.39, 0.29) is 48.5 Å². The molecule has 10 heteroatoms. The molecule has 3 rings (SSSR count). The van der Waals surface area contributed by atoms with Crippen molar-refractivity contribution >= 4 is 23.7 Å². The van der Waals surface area contributed by atoms with Gasteiger partial charge in [0, 0.05) is 19.0 Å². The number of amides is 2. The van der Waals surface area contributed by atoms with E-state index in [1.165, 1.54) is 32.4 Å². The van der Waals surface area contributed by atoms with Crippen LogP contribution in [0.4, 0.5) is 10.5 Å². The molecule has 2 unspecified atom stereocenters. The number of ether oxygens (including phenoxy) is 4. The van der Waals surface area contributed by atoms with Crippen molar-refractivity contribution in [2.45, 2.75) is 38.0 Å². The highest BCUT2D eigenvalue weighted by Crippen LogP contribution is 2.41. The first-order valence-corrected chi connectivity index (χ1v) is 10.4. The van der Waals surface area contributed by atoms with Gasteiger partial charge in [-0.2, -0.15) is 0 Å². The number of carbonyl (C=O) groups is 3. The second kappa shape index (κ2) is 10.4. The van der Waals surface area contributed by atoms with Crippen LogP contribution in [-0.4, -0.2) is 74.2 Å². The lowest BCUT2D eigenvalue weighted by Gasteiger charge is -2.31. The molecule has 10 nitrogen and oxygen atoms in total. The Morgan fingerprint density at radius 2 is 2.06 bits per heavy atom. The minimum absolute atomic E-state index is 0.0489. The van der Waals surface area contributed by atoms with Crippen molar-refractivity contribution in [2.24, 2.45) is 0 Å². The quantitative estimate of drug-likeness (QED) is 0.365. The summed E-state index contributed by atoms with van der Waals surface area (Å²) in [4.78, 5) is 40.1. The van der Waals surface area contributed by atoms with Gasteiger partial charge in [0.05, 0.1) is 38.1 Å². The zero-order chi connectivity index (χ0) is 23.3. The predicted octanol–water partition coefficient (Wildman–Crippen LogP) is 2.09. The summed E-state index contributed by atoms with van der Waals surface area (Å²) in [7, 11) is 2.75. The third-order valence-corrected chi connectivity index (χ3v) is 5.47. The molecule has 0 aliphatic carbocycles. The zero-order valence-corrected chi connectivity index (χ0v) is 18.2. The van der Waals surface area contributed by atoms with Crippen molar-refractivity contribution in [3.63, 3.8) is 0 Å². The molecule has 32 heavy (non-hydrogen) atoms. The summed E-state index contributed by atoms with van der Waals surface area (Å²) in [6, 6.07) is 2.42. The van der Waals surface area contributed by atoms with Crippen LogP contribution in [0, 0.1) is 0 Å². The van der Waals surface area contributed by atoms with Crippen molar-refractivity contribution in [3.05, 3.63) is 30.4 Å². The lowest BCUT2D eigenvalue weighted by Crippen LogP contribution is -2.50. The van der Waals surface area contributed by atoms with Gasteiger partial charge in [0.2, 0.25) is 0 Å². The first-order chi connectivity index (χ1) is 15.4. The van der Waals surface area contributed by atoms with E-state index < -0.39 is 18.4 Å². The highest BCUT2D eigenvalue weighted by molar-refractivity contribution is 6.06. The fourth-order valence-corrected chi connectivity index (χ4v) is 3.92. The van der Waals surface area contributed by atoms with E-state index in [0.29, 0.717) is 25.1 Å². The van der Waals surface area contributed by atoms with Crippen LogP contribution in [0.15, 0.2) is 24.8 Å². The van der Waals surface area contributed by atoms with E-state index in [2.05, 4.69) is 11.3 Å². The van der Waals surface area contributed by atoms with Crippen molar-refractivity contribution < 1.29 is 38.4 Å². The van der Waals surface area contributed by atoms with Gasteiger partial charge >= 0.3 is 12.1 Å². The molecule has 0 spiro atoms. The lowest BCUT2D eigenvalue weighted by atomic mass is 10.1. The summed E-state index contributed by atoms with van der Waals surface area (Å²) in [6.45, 7) is 4.14. The lowest BCUT2D eigenvalue weighted by molar-refractivity contribution is -0.140. The van der Waals surface area contributed by atoms with Gasteiger partial charge in [-0.25, -0.2) is 9.69 Å². The fourth-order valence-electron chi connectivity index (χ4n) is 3.92. The molecule has 2 heterocycles. The summed E-state index contributed by atoms with van der Waals surface area (Å²) in [5, 5.41) is 11.1. The van der Waals surface area contributed by atoms with E-state index in [4.69, 9.17) is 14.2 Å². The fraction of sp³-hybridized carbons (Fsp3) is 0.500. The molecule has 2 amide bonds. The van der Waals surface area contributed by atoms with Crippen molar-refractivity contribution in [2.75, 3.05) is 38.9 Å². The van der Waals surface area contributed by atoms with E-state index >= 15 is 0 Å². The summed E-state index contributed by atoms with van der Waals surface area (Å²) in [6.07, 6.45) is 1.17. The number of anilines is 1. The van der Waals surface area contributed by atoms with Crippen molar-refractivity contribution in [1.29, 1.82) is 0 Å². The minimum atomic E-state index is -1.29. The number of methoxy groups -OCH3 is 2. The van der Waals surface area contributed by atoms with Crippen LogP contribution in [0.5, 0.6) is 11.5 Å². The maximum atomic E-state index is 13.3. The third kappa shape index (κ3) is 4.64. The van der Waals surface area contributed by atoms with E-state index in [1.54, 1.807) is 4.90 Å². The van der Waals surface area contributed by atoms with Crippen LogP contribution < -0.4 is 14.4 Å². The van der Waals surface area contributed by atoms with E-state index in [1.807, 2.05) is 0 Å². The highest BCUT2D eigenvalue weighted by Gasteiger charge is 2.45. The third-order valence-electron chi connectivity index (χ3n) is 5.47. The molecule has 1 fully saturated rings. The van der Waals surface area contributed by atoms with Crippen LogP contribution >= 0.6 is 0 Å². The first-order valence-electron chi connectivity index (χ1n) is 10.4. The van der Waals surface area contributed by atoms with Crippen LogP contribution in [0.2, 0.25) is 0 Å². The molecule has 0 saturated carbocycles. The molecule has 0 aromatic heterocycles. The Morgan fingerprint density at radius 3 is 2.75 bits per heavy atom. The smallest absolute Gasteiger partial charge is 0.416 e. The number of nitrogens with zero attached hydrogens (tertiary/aromatic N) is 2. The monoisotopic (exact) mass is 448 g/mol. The number of hydrogen-bond acceptors (Lipinski definition) is 8. The molecule has 1 aromatic carbocycles. The number of aliphatic hydroxyl groups excluding tert-OH is 1. The number of fused-ring (bicyclic) bond motifs is 2. The van der Waals surface area contributed by atoms with Gasteiger partial charge in [-0.3, -0.25) is 9.59 Å². The Kier molecular flexibility index (Phi) is 7.57. The minimum Gasteiger partial charge on any atom is -0.493 e. The molecule has 2 aliphatic heterocycles. The molecule has 2 aliphatic rings. The Labute approximate surface area is 186 Å². The second-order valence-electron chi connectivity index (χ2n) is 7.41. The Hall–Kier alpha value is -3.27. The number of esters is 1. The highest BCUT2D eigenvalue weighted by atomic mass is 16.6. The van der Waals surface area contributed by atoms with Gasteiger partial charge in [0.15, 0.2) is 17.7 Å². The van der Waals surface area contributed by atoms with E-state index in [9.17, 15) is 19.5 Å². The van der Waals surface area contributed by atoms with Crippen molar-refractivity contribution in [1.82, 2.24) is 4.90 Å². The van der Waals surface area contributed by atoms with Crippen LogP contribution in [-0.2, 0) is 14.3 Å². The number of hydrogen-bond donors (Lipinski definition) is 1. The SMILES string of the molecule is C=CCOC(=O)N1c2cc(OCCCC(=O)OC)c(OC)cc2C(=O)N2CCCC2C1O. The van der Waals surface area contributed by atoms with Gasteiger partial charge in [-0.15, -0.1) is 0 Å².